The first kappa shape index (κ1) is 7.29. The van der Waals surface area contributed by atoms with Crippen LogP contribution in [0.3, 0.4) is 0 Å². The highest BCUT2D eigenvalue weighted by molar-refractivity contribution is 5.81. The number of hydrogen-bond donors (Lipinski definition) is 2. The fourth-order valence-corrected chi connectivity index (χ4v) is 0.0779. The Kier molecular flexibility index (Phi) is 1.86. The third kappa shape index (κ3) is 1.42. The van der Waals surface area contributed by atoms with Gasteiger partial charge in [-0.1, -0.05) is 0 Å². The summed E-state index contributed by atoms with van der Waals surface area (Å²) in [5.74, 6) is -5.57. The monoisotopic (exact) mass is 125 g/mol. The van der Waals surface area contributed by atoms with Crippen molar-refractivity contribution in [2.45, 2.75) is 5.92 Å². The topological polar surface area (TPSA) is 63.3 Å². The minimum atomic E-state index is -3.76. The number of carbonyl (C=O) groups is 1. The van der Waals surface area contributed by atoms with E-state index in [0.717, 1.165) is 0 Å². The fraction of sp³-hybridized carbons (Fsp3) is 0.667. The molecule has 0 rings (SSSR count). The van der Waals surface area contributed by atoms with Crippen molar-refractivity contribution in [2.75, 3.05) is 6.61 Å². The Hall–Kier alpha value is -0.710. The first-order valence-corrected chi connectivity index (χ1v) is 1.79. The summed E-state index contributed by atoms with van der Waals surface area (Å²) < 4.78 is 23.1. The largest absolute Gasteiger partial charge is 0.390 e. The minimum Gasteiger partial charge on any atom is -0.390 e. The van der Waals surface area contributed by atoms with Gasteiger partial charge in [0, 0.05) is 0 Å². The van der Waals surface area contributed by atoms with Crippen molar-refractivity contribution in [1.82, 2.24) is 0 Å². The summed E-state index contributed by atoms with van der Waals surface area (Å²) >= 11 is 0. The number of aliphatic hydroxyl groups is 1. The van der Waals surface area contributed by atoms with Crippen LogP contribution >= 0.6 is 0 Å². The number of alkyl halides is 2. The van der Waals surface area contributed by atoms with E-state index in [9.17, 15) is 13.6 Å². The van der Waals surface area contributed by atoms with Gasteiger partial charge >= 0.3 is 5.92 Å². The van der Waals surface area contributed by atoms with Crippen molar-refractivity contribution in [3.8, 4) is 0 Å². The number of primary amides is 1. The molecule has 0 aliphatic rings. The summed E-state index contributed by atoms with van der Waals surface area (Å²) in [5, 5.41) is 7.71. The number of carbonyl (C=O) groups excluding carboxylic acids is 1. The Balaban J connectivity index is 3.91. The highest BCUT2D eigenvalue weighted by Crippen LogP contribution is 2.09. The molecule has 0 saturated heterocycles. The molecule has 0 aromatic carbocycles. The molecular formula is C3H5F2NO2. The van der Waals surface area contributed by atoms with Crippen LogP contribution in [0.15, 0.2) is 0 Å². The summed E-state index contributed by atoms with van der Waals surface area (Å²) in [6.45, 7) is -1.53. The predicted octanol–water partition coefficient (Wildman–Crippen LogP) is -0.901. The molecule has 3 nitrogen and oxygen atoms in total. The number of nitrogens with two attached hydrogens (primary N) is 1. The third-order valence-electron chi connectivity index (χ3n) is 0.559. The second-order valence-corrected chi connectivity index (χ2v) is 1.23. The van der Waals surface area contributed by atoms with E-state index < -0.39 is 18.4 Å². The van der Waals surface area contributed by atoms with Gasteiger partial charge in [-0.3, -0.25) is 4.79 Å². The maximum Gasteiger partial charge on any atom is 0.346 e. The van der Waals surface area contributed by atoms with Crippen molar-refractivity contribution >= 4 is 5.91 Å². The maximum atomic E-state index is 11.6. The van der Waals surface area contributed by atoms with Crippen LogP contribution in [0.5, 0.6) is 0 Å². The van der Waals surface area contributed by atoms with Gasteiger partial charge in [-0.15, -0.1) is 0 Å². The molecule has 0 aromatic heterocycles. The van der Waals surface area contributed by atoms with E-state index in [2.05, 4.69) is 5.73 Å². The second-order valence-electron chi connectivity index (χ2n) is 1.23. The zero-order chi connectivity index (χ0) is 6.78. The lowest BCUT2D eigenvalue weighted by molar-refractivity contribution is -0.147. The summed E-state index contributed by atoms with van der Waals surface area (Å²) in [6, 6.07) is 0. The van der Waals surface area contributed by atoms with Gasteiger partial charge in [0.1, 0.15) is 6.61 Å². The number of hydrogen-bond acceptors (Lipinski definition) is 2. The molecule has 8 heavy (non-hydrogen) atoms. The highest BCUT2D eigenvalue weighted by atomic mass is 19.3. The first-order valence-electron chi connectivity index (χ1n) is 1.79. The average Bonchev–Trinajstić information content (AvgIpc) is 1.67. The van der Waals surface area contributed by atoms with E-state index in [4.69, 9.17) is 5.11 Å². The molecule has 0 radical (unpaired) electrons. The summed E-state index contributed by atoms with van der Waals surface area (Å²) in [7, 11) is 0. The van der Waals surface area contributed by atoms with Crippen LogP contribution in [0.2, 0.25) is 0 Å². The summed E-state index contributed by atoms with van der Waals surface area (Å²) in [6.07, 6.45) is 0. The Morgan fingerprint density at radius 2 is 2.12 bits per heavy atom. The van der Waals surface area contributed by atoms with Crippen molar-refractivity contribution in [3.05, 3.63) is 0 Å². The molecule has 1 amide bonds. The van der Waals surface area contributed by atoms with Crippen LogP contribution in [0.4, 0.5) is 8.78 Å². The standard InChI is InChI=1S/C3H5F2NO2/c4-3(5,1-7)2(6)8/h7H,1H2,(H2,6,8). The van der Waals surface area contributed by atoms with E-state index in [1.54, 1.807) is 0 Å². The maximum absolute atomic E-state index is 11.6. The van der Waals surface area contributed by atoms with Gasteiger partial charge in [-0.25, -0.2) is 0 Å². The summed E-state index contributed by atoms with van der Waals surface area (Å²) in [5.41, 5.74) is 4.13. The molecule has 0 aliphatic carbocycles. The molecule has 0 bridgehead atoms. The molecule has 0 aromatic rings. The molecule has 5 heteroatoms. The highest BCUT2D eigenvalue weighted by Gasteiger charge is 2.35. The lowest BCUT2D eigenvalue weighted by atomic mass is 10.3. The van der Waals surface area contributed by atoms with Gasteiger partial charge in [-0.2, -0.15) is 8.78 Å². The first-order chi connectivity index (χ1) is 3.50. The Morgan fingerprint density at radius 3 is 2.12 bits per heavy atom. The van der Waals surface area contributed by atoms with Crippen LogP contribution in [0.1, 0.15) is 0 Å². The zero-order valence-corrected chi connectivity index (χ0v) is 3.90. The molecule has 0 unspecified atom stereocenters. The van der Waals surface area contributed by atoms with Crippen molar-refractivity contribution in [3.63, 3.8) is 0 Å². The number of aliphatic hydroxyl groups excluding tert-OH is 1. The van der Waals surface area contributed by atoms with E-state index in [1.807, 2.05) is 0 Å². The fourth-order valence-electron chi connectivity index (χ4n) is 0.0779. The van der Waals surface area contributed by atoms with E-state index >= 15 is 0 Å². The lowest BCUT2D eigenvalue weighted by Crippen LogP contribution is -2.38. The van der Waals surface area contributed by atoms with Gasteiger partial charge in [0.2, 0.25) is 0 Å². The lowest BCUT2D eigenvalue weighted by Gasteiger charge is -2.05. The van der Waals surface area contributed by atoms with Gasteiger partial charge < -0.3 is 10.8 Å². The molecule has 0 fully saturated rings. The van der Waals surface area contributed by atoms with Gasteiger partial charge in [-0.05, 0) is 0 Å². The average molecular weight is 125 g/mol. The predicted molar refractivity (Wildman–Crippen MR) is 21.2 cm³/mol. The molecule has 0 aliphatic heterocycles. The van der Waals surface area contributed by atoms with Crippen molar-refractivity contribution in [2.24, 2.45) is 5.73 Å². The number of amides is 1. The van der Waals surface area contributed by atoms with Crippen LogP contribution < -0.4 is 5.73 Å². The van der Waals surface area contributed by atoms with Crippen molar-refractivity contribution < 1.29 is 18.7 Å². The third-order valence-corrected chi connectivity index (χ3v) is 0.559. The SMILES string of the molecule is NC(=O)C(F)(F)CO. The van der Waals surface area contributed by atoms with Crippen molar-refractivity contribution in [1.29, 1.82) is 0 Å². The van der Waals surface area contributed by atoms with Crippen LogP contribution in [-0.4, -0.2) is 23.5 Å². The molecule has 3 N–H and O–H groups in total. The van der Waals surface area contributed by atoms with Crippen LogP contribution in [0, 0.1) is 0 Å². The minimum absolute atomic E-state index is 1.53. The number of halogens is 2. The Bertz CT molecular complexity index is 103. The van der Waals surface area contributed by atoms with E-state index in [1.165, 1.54) is 0 Å². The quantitative estimate of drug-likeness (QED) is 0.502. The molecule has 0 heterocycles. The van der Waals surface area contributed by atoms with Gasteiger partial charge in [0.15, 0.2) is 0 Å². The second kappa shape index (κ2) is 2.04. The Labute approximate surface area is 44.1 Å². The van der Waals surface area contributed by atoms with Crippen LogP contribution in [0.25, 0.3) is 0 Å². The molecule has 48 valence electrons. The molecule has 0 atom stereocenters. The smallest absolute Gasteiger partial charge is 0.346 e. The normalized spacial score (nSPS) is 11.4. The summed E-state index contributed by atoms with van der Waals surface area (Å²) in [4.78, 5) is 9.56. The van der Waals surface area contributed by atoms with Gasteiger partial charge in [0.25, 0.3) is 5.91 Å². The zero-order valence-electron chi connectivity index (χ0n) is 3.90. The number of rotatable bonds is 2. The molecular weight excluding hydrogens is 120 g/mol. The molecule has 0 saturated carbocycles. The van der Waals surface area contributed by atoms with E-state index in [0.29, 0.717) is 0 Å². The van der Waals surface area contributed by atoms with E-state index in [-0.39, 0.29) is 0 Å². The van der Waals surface area contributed by atoms with Crippen LogP contribution in [-0.2, 0) is 4.79 Å². The Morgan fingerprint density at radius 1 is 1.75 bits per heavy atom. The van der Waals surface area contributed by atoms with Gasteiger partial charge in [0.05, 0.1) is 0 Å². The molecule has 0 spiro atoms.